The van der Waals surface area contributed by atoms with Gasteiger partial charge in [0.2, 0.25) is 0 Å². The number of benzene rings is 1. The molecule has 0 aliphatic carbocycles. The van der Waals surface area contributed by atoms with Crippen LogP contribution in [0.2, 0.25) is 0 Å². The fraction of sp³-hybridized carbons (Fsp3) is 0.278. The molecule has 0 amide bonds. The van der Waals surface area contributed by atoms with Gasteiger partial charge in [-0.25, -0.2) is 9.78 Å². The molecule has 0 saturated heterocycles. The van der Waals surface area contributed by atoms with Crippen molar-refractivity contribution in [3.8, 4) is 5.75 Å². The van der Waals surface area contributed by atoms with Crippen LogP contribution in [0.5, 0.6) is 5.75 Å². The summed E-state index contributed by atoms with van der Waals surface area (Å²) in [7, 11) is 0. The summed E-state index contributed by atoms with van der Waals surface area (Å²) in [5.74, 6) is 0.190. The summed E-state index contributed by atoms with van der Waals surface area (Å²) >= 11 is 1.47. The van der Waals surface area contributed by atoms with Crippen LogP contribution >= 0.6 is 11.8 Å². The molecule has 0 radical (unpaired) electrons. The second-order valence-electron chi connectivity index (χ2n) is 6.00. The third kappa shape index (κ3) is 6.04. The average Bonchev–Trinajstić information content (AvgIpc) is 2.53. The zero-order valence-corrected chi connectivity index (χ0v) is 14.6. The number of hydrogen-bond acceptors (Lipinski definition) is 6. The number of esters is 1. The van der Waals surface area contributed by atoms with Crippen LogP contribution in [-0.4, -0.2) is 29.4 Å². The molecule has 5 nitrogen and oxygen atoms in total. The van der Waals surface area contributed by atoms with Crippen molar-refractivity contribution in [2.24, 2.45) is 0 Å². The third-order valence-corrected chi connectivity index (χ3v) is 3.68. The quantitative estimate of drug-likeness (QED) is 0.586. The molecule has 0 saturated carbocycles. The molecule has 0 atom stereocenters. The summed E-state index contributed by atoms with van der Waals surface area (Å²) in [4.78, 5) is 27.4. The molecule has 0 aliphatic heterocycles. The Kier molecular flexibility index (Phi) is 5.98. The minimum Gasteiger partial charge on any atom is -0.482 e. The molecule has 0 unspecified atom stereocenters. The van der Waals surface area contributed by atoms with Gasteiger partial charge in [-0.15, -0.1) is 0 Å². The van der Waals surface area contributed by atoms with Gasteiger partial charge in [0.05, 0.1) is 0 Å². The van der Waals surface area contributed by atoms with Gasteiger partial charge in [0.1, 0.15) is 16.4 Å². The van der Waals surface area contributed by atoms with Crippen molar-refractivity contribution in [2.75, 3.05) is 6.61 Å². The minimum absolute atomic E-state index is 0.127. The third-order valence-electron chi connectivity index (χ3n) is 2.72. The van der Waals surface area contributed by atoms with E-state index in [-0.39, 0.29) is 6.61 Å². The maximum atomic E-state index is 11.6. The number of carbonyl (C=O) groups is 2. The first-order chi connectivity index (χ1) is 11.4. The Morgan fingerprint density at radius 3 is 2.42 bits per heavy atom. The van der Waals surface area contributed by atoms with E-state index >= 15 is 0 Å². The average molecular weight is 345 g/mol. The first-order valence-electron chi connectivity index (χ1n) is 7.39. The number of rotatable bonds is 6. The van der Waals surface area contributed by atoms with Crippen LogP contribution in [0.4, 0.5) is 0 Å². The van der Waals surface area contributed by atoms with Crippen LogP contribution in [0.1, 0.15) is 31.1 Å². The number of carbonyl (C=O) groups excluding carboxylic acids is 2. The van der Waals surface area contributed by atoms with Crippen LogP contribution in [0.15, 0.2) is 52.5 Å². The maximum Gasteiger partial charge on any atom is 0.344 e. The first kappa shape index (κ1) is 18.0. The predicted octanol–water partition coefficient (Wildman–Crippen LogP) is 3.77. The molecular formula is C18H19NO4S. The number of hydrogen-bond donors (Lipinski definition) is 0. The Bertz CT molecular complexity index is 690. The highest BCUT2D eigenvalue weighted by Gasteiger charge is 2.16. The van der Waals surface area contributed by atoms with Gasteiger partial charge in [-0.2, -0.15) is 0 Å². The van der Waals surface area contributed by atoms with Crippen molar-refractivity contribution in [3.63, 3.8) is 0 Å². The standard InChI is InChI=1S/C18H19NO4S/c1-18(2,3)23-17(21)12-22-14-5-7-15(8-6-14)24-16-9-4-13(11-20)10-19-16/h4-11H,12H2,1-3H3. The van der Waals surface area contributed by atoms with Crippen molar-refractivity contribution in [1.29, 1.82) is 0 Å². The molecular weight excluding hydrogens is 326 g/mol. The van der Waals surface area contributed by atoms with Gasteiger partial charge in [-0.1, -0.05) is 11.8 Å². The van der Waals surface area contributed by atoms with Gasteiger partial charge in [0.15, 0.2) is 12.9 Å². The van der Waals surface area contributed by atoms with Crippen LogP contribution in [-0.2, 0) is 9.53 Å². The SMILES string of the molecule is CC(C)(C)OC(=O)COc1ccc(Sc2ccc(C=O)cn2)cc1. The van der Waals surface area contributed by atoms with Gasteiger partial charge in [0.25, 0.3) is 0 Å². The van der Waals surface area contributed by atoms with Crippen LogP contribution in [0.3, 0.4) is 0 Å². The lowest BCUT2D eigenvalue weighted by molar-refractivity contribution is -0.157. The lowest BCUT2D eigenvalue weighted by Gasteiger charge is -2.19. The molecule has 126 valence electrons. The molecule has 6 heteroatoms. The van der Waals surface area contributed by atoms with E-state index in [0.29, 0.717) is 11.3 Å². The Morgan fingerprint density at radius 2 is 1.88 bits per heavy atom. The van der Waals surface area contributed by atoms with E-state index in [1.54, 1.807) is 24.3 Å². The summed E-state index contributed by atoms with van der Waals surface area (Å²) < 4.78 is 10.6. The zero-order valence-electron chi connectivity index (χ0n) is 13.8. The minimum atomic E-state index is -0.520. The molecule has 0 fully saturated rings. The van der Waals surface area contributed by atoms with E-state index in [4.69, 9.17) is 9.47 Å². The van der Waals surface area contributed by atoms with Crippen LogP contribution in [0.25, 0.3) is 0 Å². The molecule has 0 bridgehead atoms. The molecule has 2 rings (SSSR count). The Balaban J connectivity index is 1.88. The molecule has 1 aromatic carbocycles. The number of ether oxygens (including phenoxy) is 2. The molecule has 0 spiro atoms. The molecule has 2 aromatic rings. The smallest absolute Gasteiger partial charge is 0.344 e. The van der Waals surface area contributed by atoms with Crippen molar-refractivity contribution < 1.29 is 19.1 Å². The monoisotopic (exact) mass is 345 g/mol. The Morgan fingerprint density at radius 1 is 1.17 bits per heavy atom. The van der Waals surface area contributed by atoms with Gasteiger partial charge in [-0.05, 0) is 57.2 Å². The Labute approximate surface area is 145 Å². The van der Waals surface area contributed by atoms with Crippen molar-refractivity contribution in [1.82, 2.24) is 4.98 Å². The van der Waals surface area contributed by atoms with Gasteiger partial charge >= 0.3 is 5.97 Å². The summed E-state index contributed by atoms with van der Waals surface area (Å²) in [6.07, 6.45) is 2.30. The fourth-order valence-corrected chi connectivity index (χ4v) is 2.51. The maximum absolute atomic E-state index is 11.6. The highest BCUT2D eigenvalue weighted by Crippen LogP contribution is 2.27. The molecule has 24 heavy (non-hydrogen) atoms. The highest BCUT2D eigenvalue weighted by molar-refractivity contribution is 7.99. The number of aromatic nitrogens is 1. The predicted molar refractivity (Wildman–Crippen MR) is 91.5 cm³/mol. The van der Waals surface area contributed by atoms with Gasteiger partial charge in [-0.3, -0.25) is 4.79 Å². The van der Waals surface area contributed by atoms with E-state index in [2.05, 4.69) is 4.98 Å². The molecule has 0 aliphatic rings. The first-order valence-corrected chi connectivity index (χ1v) is 8.21. The largest absolute Gasteiger partial charge is 0.482 e. The van der Waals surface area contributed by atoms with Crippen molar-refractivity contribution in [2.45, 2.75) is 36.3 Å². The van der Waals surface area contributed by atoms with E-state index in [1.165, 1.54) is 18.0 Å². The fourth-order valence-electron chi connectivity index (χ4n) is 1.76. The van der Waals surface area contributed by atoms with E-state index in [0.717, 1.165) is 16.2 Å². The molecule has 1 heterocycles. The van der Waals surface area contributed by atoms with E-state index < -0.39 is 11.6 Å². The van der Waals surface area contributed by atoms with Crippen molar-refractivity contribution in [3.05, 3.63) is 48.2 Å². The number of pyridine rings is 1. The van der Waals surface area contributed by atoms with E-state index in [1.807, 2.05) is 32.9 Å². The van der Waals surface area contributed by atoms with Crippen molar-refractivity contribution >= 4 is 24.0 Å². The Hall–Kier alpha value is -2.34. The summed E-state index contributed by atoms with van der Waals surface area (Å²) in [6.45, 7) is 5.31. The number of nitrogens with zero attached hydrogens (tertiary/aromatic N) is 1. The summed E-state index contributed by atoms with van der Waals surface area (Å²) in [6, 6.07) is 10.8. The topological polar surface area (TPSA) is 65.5 Å². The van der Waals surface area contributed by atoms with Crippen LogP contribution < -0.4 is 4.74 Å². The molecule has 1 aromatic heterocycles. The summed E-state index contributed by atoms with van der Waals surface area (Å²) in [5, 5.41) is 0.794. The second kappa shape index (κ2) is 7.97. The zero-order chi connectivity index (χ0) is 17.6. The van der Waals surface area contributed by atoms with E-state index in [9.17, 15) is 9.59 Å². The van der Waals surface area contributed by atoms with Gasteiger partial charge in [0, 0.05) is 16.7 Å². The highest BCUT2D eigenvalue weighted by atomic mass is 32.2. The number of aldehydes is 1. The van der Waals surface area contributed by atoms with Gasteiger partial charge < -0.3 is 9.47 Å². The normalized spacial score (nSPS) is 11.0. The second-order valence-corrected chi connectivity index (χ2v) is 7.09. The lowest BCUT2D eigenvalue weighted by atomic mass is 10.2. The molecule has 0 N–H and O–H groups in total. The summed E-state index contributed by atoms with van der Waals surface area (Å²) in [5.41, 5.74) is 0.0260. The lowest BCUT2D eigenvalue weighted by Crippen LogP contribution is -2.27. The van der Waals surface area contributed by atoms with Crippen LogP contribution in [0, 0.1) is 0 Å².